The van der Waals surface area contributed by atoms with Crippen molar-refractivity contribution in [3.05, 3.63) is 12.2 Å². The van der Waals surface area contributed by atoms with Gasteiger partial charge in [-0.2, -0.15) is 0 Å². The van der Waals surface area contributed by atoms with Gasteiger partial charge in [0.25, 0.3) is 0 Å². The highest BCUT2D eigenvalue weighted by atomic mass is 16.4. The second-order valence-corrected chi connectivity index (χ2v) is 1.81. The zero-order chi connectivity index (χ0) is 7.98. The van der Waals surface area contributed by atoms with Crippen LogP contribution in [0, 0.1) is 0 Å². The van der Waals surface area contributed by atoms with Gasteiger partial charge in [0.05, 0.1) is 6.61 Å². The Bertz CT molecular complexity index is 133. The number of aliphatic hydroxyl groups is 1. The lowest BCUT2D eigenvalue weighted by molar-refractivity contribution is -0.132. The van der Waals surface area contributed by atoms with Crippen LogP contribution in [0.4, 0.5) is 0 Å². The number of carboxylic acids is 1. The number of aliphatic hydroxyl groups excluding tert-OH is 1. The van der Waals surface area contributed by atoms with Crippen molar-refractivity contribution in [1.29, 1.82) is 0 Å². The van der Waals surface area contributed by atoms with E-state index in [2.05, 4.69) is 11.9 Å². The van der Waals surface area contributed by atoms with Crippen LogP contribution in [0.15, 0.2) is 12.2 Å². The van der Waals surface area contributed by atoms with Crippen LogP contribution in [0.1, 0.15) is 0 Å². The largest absolute Gasteiger partial charge is 0.478 e. The van der Waals surface area contributed by atoms with Crippen molar-refractivity contribution in [3.63, 3.8) is 0 Å². The second-order valence-electron chi connectivity index (χ2n) is 1.81. The summed E-state index contributed by atoms with van der Waals surface area (Å²) in [6.07, 6.45) is 0. The van der Waals surface area contributed by atoms with Crippen molar-refractivity contribution < 1.29 is 15.0 Å². The highest BCUT2D eigenvalue weighted by Gasteiger charge is 2.00. The van der Waals surface area contributed by atoms with E-state index in [0.29, 0.717) is 6.54 Å². The predicted octanol–water partition coefficient (Wildman–Crippen LogP) is -0.791. The lowest BCUT2D eigenvalue weighted by atomic mass is 10.3. The van der Waals surface area contributed by atoms with Gasteiger partial charge in [0.2, 0.25) is 0 Å². The molecule has 0 aromatic heterocycles. The third-order valence-electron chi connectivity index (χ3n) is 0.929. The summed E-state index contributed by atoms with van der Waals surface area (Å²) in [5.74, 6) is -1.01. The molecule has 0 unspecified atom stereocenters. The molecule has 10 heavy (non-hydrogen) atoms. The van der Waals surface area contributed by atoms with Crippen molar-refractivity contribution in [2.75, 3.05) is 19.7 Å². The topological polar surface area (TPSA) is 69.6 Å². The minimum Gasteiger partial charge on any atom is -0.478 e. The number of hydrogen-bond acceptors (Lipinski definition) is 3. The van der Waals surface area contributed by atoms with Gasteiger partial charge in [-0.3, -0.25) is 0 Å². The third-order valence-corrected chi connectivity index (χ3v) is 0.929. The first-order chi connectivity index (χ1) is 4.68. The average Bonchev–Trinajstić information content (AvgIpc) is 1.88. The number of carboxylic acid groups (broad SMARTS) is 1. The Morgan fingerprint density at radius 3 is 2.60 bits per heavy atom. The van der Waals surface area contributed by atoms with E-state index < -0.39 is 5.97 Å². The Hall–Kier alpha value is -0.870. The van der Waals surface area contributed by atoms with E-state index in [1.54, 1.807) is 0 Å². The average molecular weight is 145 g/mol. The van der Waals surface area contributed by atoms with Crippen LogP contribution in [0.2, 0.25) is 0 Å². The molecule has 0 amide bonds. The second kappa shape index (κ2) is 4.96. The van der Waals surface area contributed by atoms with Gasteiger partial charge in [0.15, 0.2) is 0 Å². The first-order valence-electron chi connectivity index (χ1n) is 2.91. The molecule has 0 spiro atoms. The maximum Gasteiger partial charge on any atom is 0.332 e. The molecule has 0 bridgehead atoms. The van der Waals surface area contributed by atoms with Gasteiger partial charge in [-0.1, -0.05) is 6.58 Å². The molecule has 0 aliphatic heterocycles. The Kier molecular flexibility index (Phi) is 4.53. The molecule has 0 aliphatic carbocycles. The molecule has 0 aromatic rings. The number of aliphatic carboxylic acids is 1. The monoisotopic (exact) mass is 145 g/mol. The molecule has 0 atom stereocenters. The van der Waals surface area contributed by atoms with Crippen molar-refractivity contribution in [3.8, 4) is 0 Å². The molecule has 0 fully saturated rings. The summed E-state index contributed by atoms with van der Waals surface area (Å²) in [6, 6.07) is 0. The molecule has 0 saturated heterocycles. The lowest BCUT2D eigenvalue weighted by Gasteiger charge is -2.00. The van der Waals surface area contributed by atoms with E-state index in [-0.39, 0.29) is 18.7 Å². The van der Waals surface area contributed by atoms with Gasteiger partial charge in [-0.25, -0.2) is 4.79 Å². The van der Waals surface area contributed by atoms with Gasteiger partial charge < -0.3 is 15.5 Å². The van der Waals surface area contributed by atoms with Crippen LogP contribution in [-0.4, -0.2) is 35.9 Å². The number of nitrogens with one attached hydrogen (secondary N) is 1. The van der Waals surface area contributed by atoms with Crippen LogP contribution in [0.25, 0.3) is 0 Å². The molecular formula is C6H11NO3. The molecule has 0 heterocycles. The lowest BCUT2D eigenvalue weighted by Crippen LogP contribution is -2.23. The first kappa shape index (κ1) is 9.13. The standard InChI is InChI=1S/C6H11NO3/c1-5(6(9)10)4-7-2-3-8/h7-8H,1-4H2,(H,9,10). The number of carbonyl (C=O) groups is 1. The Balaban J connectivity index is 3.31. The smallest absolute Gasteiger partial charge is 0.332 e. The maximum atomic E-state index is 10.1. The molecule has 0 saturated carbocycles. The molecule has 0 aromatic carbocycles. The summed E-state index contributed by atoms with van der Waals surface area (Å²) in [5.41, 5.74) is 0.105. The minimum atomic E-state index is -1.01. The molecular weight excluding hydrogens is 134 g/mol. The van der Waals surface area contributed by atoms with Crippen LogP contribution in [0.3, 0.4) is 0 Å². The first-order valence-corrected chi connectivity index (χ1v) is 2.91. The van der Waals surface area contributed by atoms with Crippen LogP contribution in [-0.2, 0) is 4.79 Å². The molecule has 0 radical (unpaired) electrons. The summed E-state index contributed by atoms with van der Waals surface area (Å²) in [7, 11) is 0. The van der Waals surface area contributed by atoms with Crippen LogP contribution in [0.5, 0.6) is 0 Å². The van der Waals surface area contributed by atoms with Crippen LogP contribution >= 0.6 is 0 Å². The van der Waals surface area contributed by atoms with E-state index in [1.165, 1.54) is 0 Å². The summed E-state index contributed by atoms with van der Waals surface area (Å²) in [4.78, 5) is 10.1. The fourth-order valence-corrected chi connectivity index (χ4v) is 0.394. The highest BCUT2D eigenvalue weighted by Crippen LogP contribution is 1.84. The van der Waals surface area contributed by atoms with Crippen molar-refractivity contribution in [2.24, 2.45) is 0 Å². The fourth-order valence-electron chi connectivity index (χ4n) is 0.394. The Labute approximate surface area is 59.2 Å². The fraction of sp³-hybridized carbons (Fsp3) is 0.500. The Morgan fingerprint density at radius 2 is 2.20 bits per heavy atom. The van der Waals surface area contributed by atoms with Crippen LogP contribution < -0.4 is 5.32 Å². The SMILES string of the molecule is C=C(CNCCO)C(=O)O. The summed E-state index contributed by atoms with van der Waals surface area (Å²) >= 11 is 0. The molecule has 3 N–H and O–H groups in total. The molecule has 0 aliphatic rings. The van der Waals surface area contributed by atoms with E-state index >= 15 is 0 Å². The van der Waals surface area contributed by atoms with Crippen molar-refractivity contribution in [2.45, 2.75) is 0 Å². The van der Waals surface area contributed by atoms with Gasteiger partial charge in [-0.05, 0) is 0 Å². The Morgan fingerprint density at radius 1 is 1.60 bits per heavy atom. The summed E-state index contributed by atoms with van der Waals surface area (Å²) in [5, 5.41) is 19.2. The zero-order valence-corrected chi connectivity index (χ0v) is 5.63. The minimum absolute atomic E-state index is 0.00684. The normalized spacial score (nSPS) is 9.30. The van der Waals surface area contributed by atoms with Gasteiger partial charge in [-0.15, -0.1) is 0 Å². The third kappa shape index (κ3) is 4.05. The molecule has 58 valence electrons. The number of hydrogen-bond donors (Lipinski definition) is 3. The van der Waals surface area contributed by atoms with E-state index in [4.69, 9.17) is 10.2 Å². The zero-order valence-electron chi connectivity index (χ0n) is 5.63. The van der Waals surface area contributed by atoms with E-state index in [1.807, 2.05) is 0 Å². The molecule has 4 nitrogen and oxygen atoms in total. The van der Waals surface area contributed by atoms with Gasteiger partial charge in [0.1, 0.15) is 0 Å². The summed E-state index contributed by atoms with van der Waals surface area (Å²) in [6.45, 7) is 3.90. The highest BCUT2D eigenvalue weighted by molar-refractivity contribution is 5.86. The van der Waals surface area contributed by atoms with Crippen molar-refractivity contribution in [1.82, 2.24) is 5.32 Å². The molecule has 0 rings (SSSR count). The van der Waals surface area contributed by atoms with E-state index in [9.17, 15) is 4.79 Å². The maximum absolute atomic E-state index is 10.1. The summed E-state index contributed by atoms with van der Waals surface area (Å²) < 4.78 is 0. The van der Waals surface area contributed by atoms with Gasteiger partial charge >= 0.3 is 5.97 Å². The van der Waals surface area contributed by atoms with E-state index in [0.717, 1.165) is 0 Å². The predicted molar refractivity (Wildman–Crippen MR) is 36.7 cm³/mol. The molecule has 4 heteroatoms. The van der Waals surface area contributed by atoms with Gasteiger partial charge in [0, 0.05) is 18.7 Å². The van der Waals surface area contributed by atoms with Crippen molar-refractivity contribution >= 4 is 5.97 Å². The quantitative estimate of drug-likeness (QED) is 0.350. The number of rotatable bonds is 5.